The van der Waals surface area contributed by atoms with Gasteiger partial charge in [0.15, 0.2) is 0 Å². The van der Waals surface area contributed by atoms with Gasteiger partial charge in [-0.25, -0.2) is 8.42 Å². The molecule has 2 aliphatic rings. The first kappa shape index (κ1) is 22.1. The lowest BCUT2D eigenvalue weighted by molar-refractivity contribution is 0.0757. The third kappa shape index (κ3) is 4.73. The minimum atomic E-state index is -3.87. The Balaban J connectivity index is 1.51. The van der Waals surface area contributed by atoms with E-state index in [0.717, 1.165) is 31.4 Å². The highest BCUT2D eigenvalue weighted by Gasteiger charge is 2.35. The summed E-state index contributed by atoms with van der Waals surface area (Å²) < 4.78 is 29.7. The van der Waals surface area contributed by atoms with Gasteiger partial charge in [0, 0.05) is 63.2 Å². The van der Waals surface area contributed by atoms with E-state index in [-0.39, 0.29) is 16.5 Å². The van der Waals surface area contributed by atoms with Crippen molar-refractivity contribution in [1.29, 1.82) is 0 Å². The smallest absolute Gasteiger partial charge is 0.263 e. The van der Waals surface area contributed by atoms with Crippen molar-refractivity contribution in [3.8, 4) is 0 Å². The van der Waals surface area contributed by atoms with Gasteiger partial charge < -0.3 is 9.80 Å². The van der Waals surface area contributed by atoms with E-state index < -0.39 is 10.0 Å². The largest absolute Gasteiger partial charge is 0.369 e. The van der Waals surface area contributed by atoms with E-state index in [1.54, 1.807) is 11.9 Å². The molecule has 0 unspecified atom stereocenters. The number of aryl methyl sites for hydroxylation is 1. The standard InChI is InChI=1S/C21H28ClN5O3S/c1-24-16-19(21(28)26-10-4-2-3-5-11-26)20(23-24)31(29,30)27-14-12-25(13-15-27)18-8-6-17(22)7-9-18/h6-9,16H,2-5,10-15H2,1H3. The zero-order valence-electron chi connectivity index (χ0n) is 17.7. The average Bonchev–Trinajstić information content (AvgIpc) is 2.98. The maximum atomic E-state index is 13.4. The van der Waals surface area contributed by atoms with Gasteiger partial charge in [0.05, 0.1) is 5.56 Å². The third-order valence-electron chi connectivity index (χ3n) is 5.93. The number of halogens is 1. The summed E-state index contributed by atoms with van der Waals surface area (Å²) in [6, 6.07) is 7.52. The lowest BCUT2D eigenvalue weighted by Crippen LogP contribution is -2.49. The quantitative estimate of drug-likeness (QED) is 0.693. The van der Waals surface area contributed by atoms with Crippen LogP contribution in [0.15, 0.2) is 35.5 Å². The van der Waals surface area contributed by atoms with Gasteiger partial charge in [-0.15, -0.1) is 0 Å². The normalized spacial score (nSPS) is 18.8. The predicted molar refractivity (Wildman–Crippen MR) is 120 cm³/mol. The molecule has 0 N–H and O–H groups in total. The van der Waals surface area contributed by atoms with Gasteiger partial charge in [-0.05, 0) is 37.1 Å². The van der Waals surface area contributed by atoms with Crippen LogP contribution in [0, 0.1) is 0 Å². The Bertz CT molecular complexity index is 1020. The second kappa shape index (κ2) is 9.18. The molecule has 1 amide bonds. The highest BCUT2D eigenvalue weighted by Crippen LogP contribution is 2.25. The summed E-state index contributed by atoms with van der Waals surface area (Å²) in [6.45, 7) is 3.10. The predicted octanol–water partition coefficient (Wildman–Crippen LogP) is 2.60. The van der Waals surface area contributed by atoms with Gasteiger partial charge >= 0.3 is 0 Å². The van der Waals surface area contributed by atoms with E-state index in [9.17, 15) is 13.2 Å². The lowest BCUT2D eigenvalue weighted by Gasteiger charge is -2.35. The van der Waals surface area contributed by atoms with Crippen LogP contribution in [-0.4, -0.2) is 72.6 Å². The first-order chi connectivity index (χ1) is 14.9. The molecule has 3 heterocycles. The molecule has 0 atom stereocenters. The van der Waals surface area contributed by atoms with Crippen LogP contribution in [0.25, 0.3) is 0 Å². The molecule has 2 aliphatic heterocycles. The Hall–Kier alpha value is -2.10. The van der Waals surface area contributed by atoms with Crippen molar-refractivity contribution in [2.45, 2.75) is 30.7 Å². The summed E-state index contributed by atoms with van der Waals surface area (Å²) in [5.74, 6) is -0.242. The molecule has 168 valence electrons. The van der Waals surface area contributed by atoms with Crippen LogP contribution in [0.3, 0.4) is 0 Å². The fourth-order valence-electron chi connectivity index (χ4n) is 4.21. The molecule has 1 aromatic carbocycles. The van der Waals surface area contributed by atoms with Crippen LogP contribution in [0.4, 0.5) is 5.69 Å². The fourth-order valence-corrected chi connectivity index (χ4v) is 5.87. The molecule has 0 spiro atoms. The topological polar surface area (TPSA) is 78.8 Å². The van der Waals surface area contributed by atoms with Gasteiger partial charge in [0.25, 0.3) is 15.9 Å². The van der Waals surface area contributed by atoms with Crippen molar-refractivity contribution in [3.63, 3.8) is 0 Å². The second-order valence-corrected chi connectivity index (χ2v) is 10.4. The number of nitrogens with zero attached hydrogens (tertiary/aromatic N) is 5. The molecule has 2 fully saturated rings. The maximum absolute atomic E-state index is 13.4. The molecular formula is C21H28ClN5O3S. The highest BCUT2D eigenvalue weighted by molar-refractivity contribution is 7.89. The number of anilines is 1. The van der Waals surface area contributed by atoms with Crippen molar-refractivity contribution in [2.75, 3.05) is 44.2 Å². The first-order valence-corrected chi connectivity index (χ1v) is 12.5. The van der Waals surface area contributed by atoms with Gasteiger partial charge in [-0.1, -0.05) is 24.4 Å². The molecule has 0 saturated carbocycles. The summed E-state index contributed by atoms with van der Waals surface area (Å²) in [6.07, 6.45) is 5.62. The lowest BCUT2D eigenvalue weighted by atomic mass is 10.2. The molecule has 4 rings (SSSR count). The molecular weight excluding hydrogens is 438 g/mol. The molecule has 1 aromatic heterocycles. The van der Waals surface area contributed by atoms with Crippen molar-refractivity contribution in [2.24, 2.45) is 7.05 Å². The number of hydrogen-bond donors (Lipinski definition) is 0. The molecule has 31 heavy (non-hydrogen) atoms. The van der Waals surface area contributed by atoms with Crippen LogP contribution < -0.4 is 4.90 Å². The van der Waals surface area contributed by atoms with Crippen LogP contribution >= 0.6 is 11.6 Å². The number of aromatic nitrogens is 2. The molecule has 10 heteroatoms. The Morgan fingerprint density at radius 2 is 1.55 bits per heavy atom. The number of hydrogen-bond acceptors (Lipinski definition) is 5. The Kier molecular flexibility index (Phi) is 6.55. The number of rotatable bonds is 4. The molecule has 0 bridgehead atoms. The Labute approximate surface area is 188 Å². The van der Waals surface area contributed by atoms with Crippen molar-refractivity contribution >= 4 is 33.2 Å². The van der Waals surface area contributed by atoms with Crippen molar-refractivity contribution in [1.82, 2.24) is 19.0 Å². The monoisotopic (exact) mass is 465 g/mol. The van der Waals surface area contributed by atoms with E-state index in [0.29, 0.717) is 44.3 Å². The maximum Gasteiger partial charge on any atom is 0.263 e. The zero-order chi connectivity index (χ0) is 22.0. The van der Waals surface area contributed by atoms with Gasteiger partial charge in [-0.2, -0.15) is 9.40 Å². The summed E-state index contributed by atoms with van der Waals surface area (Å²) >= 11 is 5.96. The Morgan fingerprint density at radius 1 is 0.935 bits per heavy atom. The van der Waals surface area contributed by atoms with Gasteiger partial charge in [0.1, 0.15) is 0 Å². The number of sulfonamides is 1. The van der Waals surface area contributed by atoms with E-state index in [1.165, 1.54) is 15.2 Å². The minimum Gasteiger partial charge on any atom is -0.369 e. The number of benzene rings is 1. The van der Waals surface area contributed by atoms with Crippen LogP contribution in [0.5, 0.6) is 0 Å². The second-order valence-electron chi connectivity index (χ2n) is 8.10. The van der Waals surface area contributed by atoms with Gasteiger partial charge in [0.2, 0.25) is 5.03 Å². The minimum absolute atomic E-state index is 0.135. The molecule has 0 radical (unpaired) electrons. The molecule has 8 nitrogen and oxygen atoms in total. The summed E-state index contributed by atoms with van der Waals surface area (Å²) in [4.78, 5) is 17.0. The summed E-state index contributed by atoms with van der Waals surface area (Å²) in [5, 5.41) is 4.73. The molecule has 0 aliphatic carbocycles. The number of carbonyl (C=O) groups excluding carboxylic acids is 1. The number of likely N-dealkylation sites (tertiary alicyclic amines) is 1. The number of piperazine rings is 1. The first-order valence-electron chi connectivity index (χ1n) is 10.7. The van der Waals surface area contributed by atoms with Crippen LogP contribution in [-0.2, 0) is 17.1 Å². The van der Waals surface area contributed by atoms with E-state index in [2.05, 4.69) is 10.00 Å². The van der Waals surface area contributed by atoms with Crippen molar-refractivity contribution < 1.29 is 13.2 Å². The summed E-state index contributed by atoms with van der Waals surface area (Å²) in [5.41, 5.74) is 1.18. The van der Waals surface area contributed by atoms with E-state index in [1.807, 2.05) is 24.3 Å². The van der Waals surface area contributed by atoms with Crippen molar-refractivity contribution in [3.05, 3.63) is 41.0 Å². The zero-order valence-corrected chi connectivity index (χ0v) is 19.3. The highest BCUT2D eigenvalue weighted by atomic mass is 35.5. The fraction of sp³-hybridized carbons (Fsp3) is 0.524. The molecule has 2 aromatic rings. The SMILES string of the molecule is Cn1cc(C(=O)N2CCCCCC2)c(S(=O)(=O)N2CCN(c3ccc(Cl)cc3)CC2)n1. The van der Waals surface area contributed by atoms with E-state index in [4.69, 9.17) is 11.6 Å². The third-order valence-corrected chi connectivity index (χ3v) is 8.02. The Morgan fingerprint density at radius 3 is 2.16 bits per heavy atom. The average molecular weight is 466 g/mol. The number of amides is 1. The number of carbonyl (C=O) groups is 1. The summed E-state index contributed by atoms with van der Waals surface area (Å²) in [7, 11) is -2.22. The van der Waals surface area contributed by atoms with E-state index >= 15 is 0 Å². The molecule has 2 saturated heterocycles. The van der Waals surface area contributed by atoms with Crippen LogP contribution in [0.2, 0.25) is 5.02 Å². The van der Waals surface area contributed by atoms with Gasteiger partial charge in [-0.3, -0.25) is 9.48 Å². The van der Waals surface area contributed by atoms with Crippen LogP contribution in [0.1, 0.15) is 36.0 Å².